The van der Waals surface area contributed by atoms with Gasteiger partial charge in [0, 0.05) is 61.3 Å². The van der Waals surface area contributed by atoms with Crippen molar-refractivity contribution in [3.8, 4) is 11.5 Å². The summed E-state index contributed by atoms with van der Waals surface area (Å²) in [6.45, 7) is 6.67. The molecule has 35 heavy (non-hydrogen) atoms. The van der Waals surface area contributed by atoms with Gasteiger partial charge in [-0.15, -0.1) is 0 Å². The number of fused-ring (bicyclic) bond motifs is 1. The van der Waals surface area contributed by atoms with E-state index >= 15 is 0 Å². The van der Waals surface area contributed by atoms with Gasteiger partial charge in [0.15, 0.2) is 0 Å². The molecule has 2 N–H and O–H groups in total. The second-order valence-electron chi connectivity index (χ2n) is 9.60. The van der Waals surface area contributed by atoms with E-state index in [4.69, 9.17) is 4.74 Å². The number of carbonyl (C=O) groups excluding carboxylic acids is 1. The van der Waals surface area contributed by atoms with Crippen LogP contribution in [0.15, 0.2) is 42.5 Å². The molecule has 2 aliphatic rings. The second kappa shape index (κ2) is 10.7. The molecule has 3 aromatic rings. The summed E-state index contributed by atoms with van der Waals surface area (Å²) in [6, 6.07) is 10.2. The molecule has 3 heterocycles. The van der Waals surface area contributed by atoms with Gasteiger partial charge in [0.1, 0.15) is 28.8 Å². The Morgan fingerprint density at radius 3 is 2.34 bits per heavy atom. The van der Waals surface area contributed by atoms with Crippen LogP contribution in [0, 0.1) is 11.6 Å². The zero-order valence-electron chi connectivity index (χ0n) is 19.9. The predicted molar refractivity (Wildman–Crippen MR) is 132 cm³/mol. The number of aromatic amines is 1. The molecule has 6 nitrogen and oxygen atoms in total. The maximum Gasteiger partial charge on any atom is 0.267 e. The molecule has 8 heteroatoms. The highest BCUT2D eigenvalue weighted by molar-refractivity contribution is 5.99. The van der Waals surface area contributed by atoms with Crippen molar-refractivity contribution in [2.45, 2.75) is 38.1 Å². The first-order valence-electron chi connectivity index (χ1n) is 12.5. The molecule has 186 valence electrons. The average Bonchev–Trinajstić information content (AvgIpc) is 3.29. The Bertz CT molecular complexity index is 1150. The number of nitrogens with zero attached hydrogens (tertiary/aromatic N) is 2. The molecule has 5 rings (SSSR count). The van der Waals surface area contributed by atoms with E-state index in [0.29, 0.717) is 16.8 Å². The van der Waals surface area contributed by atoms with Crippen LogP contribution in [0.4, 0.5) is 8.78 Å². The minimum Gasteiger partial charge on any atom is -0.456 e. The van der Waals surface area contributed by atoms with Crippen LogP contribution < -0.4 is 10.1 Å². The fourth-order valence-corrected chi connectivity index (χ4v) is 5.08. The lowest BCUT2D eigenvalue weighted by Gasteiger charge is -2.34. The molecule has 0 aliphatic carbocycles. The van der Waals surface area contributed by atoms with E-state index < -0.39 is 11.6 Å². The Kier molecular flexibility index (Phi) is 7.29. The third-order valence-corrected chi connectivity index (χ3v) is 7.04. The maximum absolute atomic E-state index is 13.5. The van der Waals surface area contributed by atoms with Gasteiger partial charge in [0.2, 0.25) is 0 Å². The van der Waals surface area contributed by atoms with E-state index in [-0.39, 0.29) is 17.7 Å². The molecule has 1 aromatic heterocycles. The van der Waals surface area contributed by atoms with Crippen LogP contribution in [0.5, 0.6) is 11.5 Å². The molecule has 0 bridgehead atoms. The molecular formula is C27H32F2N4O2. The number of aromatic nitrogens is 1. The number of hydrogen-bond acceptors (Lipinski definition) is 4. The first-order chi connectivity index (χ1) is 17.0. The predicted octanol–water partition coefficient (Wildman–Crippen LogP) is 4.92. The molecule has 0 spiro atoms. The molecule has 0 atom stereocenters. The fraction of sp³-hybridized carbons (Fsp3) is 0.444. The highest BCUT2D eigenvalue weighted by Crippen LogP contribution is 2.31. The Balaban J connectivity index is 1.17. The lowest BCUT2D eigenvalue weighted by Crippen LogP contribution is -2.46. The number of carbonyl (C=O) groups is 1. The van der Waals surface area contributed by atoms with Crippen molar-refractivity contribution in [2.24, 2.45) is 0 Å². The van der Waals surface area contributed by atoms with Crippen LogP contribution in [0.1, 0.15) is 42.6 Å². The van der Waals surface area contributed by atoms with Crippen molar-refractivity contribution in [3.05, 3.63) is 59.8 Å². The monoisotopic (exact) mass is 482 g/mol. The SMILES string of the molecule is O=C(NC1CCN(CCN2CCCCC2)CC1)c1cc2c(Oc3cc(F)cc(F)c3)cccc2[nH]1. The van der Waals surface area contributed by atoms with Gasteiger partial charge in [-0.25, -0.2) is 8.78 Å². The first kappa shape index (κ1) is 23.8. The number of nitrogens with one attached hydrogen (secondary N) is 2. The van der Waals surface area contributed by atoms with Gasteiger partial charge in [-0.2, -0.15) is 0 Å². The summed E-state index contributed by atoms with van der Waals surface area (Å²) in [5.41, 5.74) is 1.16. The van der Waals surface area contributed by atoms with Crippen molar-refractivity contribution in [1.82, 2.24) is 20.1 Å². The van der Waals surface area contributed by atoms with Crippen molar-refractivity contribution in [3.63, 3.8) is 0 Å². The van der Waals surface area contributed by atoms with Gasteiger partial charge in [-0.3, -0.25) is 4.79 Å². The summed E-state index contributed by atoms with van der Waals surface area (Å²) in [5.74, 6) is -1.09. The van der Waals surface area contributed by atoms with E-state index in [1.165, 1.54) is 32.4 Å². The van der Waals surface area contributed by atoms with Crippen LogP contribution in [-0.4, -0.2) is 66.0 Å². The average molecular weight is 483 g/mol. The Hall–Kier alpha value is -2.97. The topological polar surface area (TPSA) is 60.6 Å². The molecule has 0 saturated carbocycles. The summed E-state index contributed by atoms with van der Waals surface area (Å²) in [5, 5.41) is 3.83. The molecule has 2 fully saturated rings. The van der Waals surface area contributed by atoms with Gasteiger partial charge >= 0.3 is 0 Å². The molecule has 2 saturated heterocycles. The summed E-state index contributed by atoms with van der Waals surface area (Å²) in [6.07, 6.45) is 5.87. The zero-order valence-corrected chi connectivity index (χ0v) is 19.9. The summed E-state index contributed by atoms with van der Waals surface area (Å²) in [7, 11) is 0. The van der Waals surface area contributed by atoms with E-state index in [1.54, 1.807) is 18.2 Å². The van der Waals surface area contributed by atoms with E-state index in [9.17, 15) is 13.6 Å². The number of benzene rings is 2. The zero-order chi connectivity index (χ0) is 24.2. The van der Waals surface area contributed by atoms with Gasteiger partial charge in [0.25, 0.3) is 5.91 Å². The van der Waals surface area contributed by atoms with Crippen molar-refractivity contribution in [1.29, 1.82) is 0 Å². The van der Waals surface area contributed by atoms with Crippen LogP contribution >= 0.6 is 0 Å². The van der Waals surface area contributed by atoms with E-state index in [0.717, 1.165) is 62.7 Å². The van der Waals surface area contributed by atoms with Gasteiger partial charge in [-0.05, 0) is 57.0 Å². The Morgan fingerprint density at radius 1 is 0.943 bits per heavy atom. The van der Waals surface area contributed by atoms with Crippen molar-refractivity contribution in [2.75, 3.05) is 39.3 Å². The van der Waals surface area contributed by atoms with Gasteiger partial charge in [-0.1, -0.05) is 12.5 Å². The minimum absolute atomic E-state index is 0.0641. The molecular weight excluding hydrogens is 450 g/mol. The highest BCUT2D eigenvalue weighted by Gasteiger charge is 2.23. The lowest BCUT2D eigenvalue weighted by atomic mass is 10.0. The number of rotatable bonds is 7. The molecule has 1 amide bonds. The Morgan fingerprint density at radius 2 is 1.63 bits per heavy atom. The van der Waals surface area contributed by atoms with Crippen molar-refractivity contribution >= 4 is 16.8 Å². The fourth-order valence-electron chi connectivity index (χ4n) is 5.08. The number of halogens is 2. The molecule has 2 aromatic carbocycles. The quantitative estimate of drug-likeness (QED) is 0.502. The summed E-state index contributed by atoms with van der Waals surface area (Å²) in [4.78, 5) is 21.2. The summed E-state index contributed by atoms with van der Waals surface area (Å²) >= 11 is 0. The first-order valence-corrected chi connectivity index (χ1v) is 12.5. The Labute approximate surface area is 204 Å². The van der Waals surface area contributed by atoms with Crippen LogP contribution in [0.25, 0.3) is 10.9 Å². The third kappa shape index (κ3) is 6.00. The number of piperidine rings is 2. The normalized spacial score (nSPS) is 18.1. The largest absolute Gasteiger partial charge is 0.456 e. The van der Waals surface area contributed by atoms with Crippen LogP contribution in [-0.2, 0) is 0 Å². The van der Waals surface area contributed by atoms with Gasteiger partial charge < -0.3 is 24.8 Å². The van der Waals surface area contributed by atoms with Crippen molar-refractivity contribution < 1.29 is 18.3 Å². The highest BCUT2D eigenvalue weighted by atomic mass is 19.1. The summed E-state index contributed by atoms with van der Waals surface area (Å²) < 4.78 is 32.8. The number of amides is 1. The van der Waals surface area contributed by atoms with Gasteiger partial charge in [0.05, 0.1) is 0 Å². The van der Waals surface area contributed by atoms with Crippen LogP contribution in [0.3, 0.4) is 0 Å². The third-order valence-electron chi connectivity index (χ3n) is 7.04. The number of ether oxygens (including phenoxy) is 1. The van der Waals surface area contributed by atoms with Crippen LogP contribution in [0.2, 0.25) is 0 Å². The van der Waals surface area contributed by atoms with E-state index in [2.05, 4.69) is 20.1 Å². The number of hydrogen-bond donors (Lipinski definition) is 2. The van der Waals surface area contributed by atoms with E-state index in [1.807, 2.05) is 6.07 Å². The molecule has 0 unspecified atom stereocenters. The smallest absolute Gasteiger partial charge is 0.267 e. The second-order valence-corrected chi connectivity index (χ2v) is 9.60. The maximum atomic E-state index is 13.5. The molecule has 0 radical (unpaired) electrons. The number of likely N-dealkylation sites (tertiary alicyclic amines) is 2. The molecule has 2 aliphatic heterocycles. The lowest BCUT2D eigenvalue weighted by molar-refractivity contribution is 0.0901. The number of H-pyrrole nitrogens is 1. The minimum atomic E-state index is -0.709. The standard InChI is InChI=1S/C27H32F2N4O2/c28-19-15-20(29)17-22(16-19)35-26-6-4-5-24-23(26)18-25(31-24)27(34)30-21-7-11-33(12-8-21)14-13-32-9-2-1-3-10-32/h4-6,15-18,21,31H,1-3,7-14H2,(H,30,34).